The molecule has 2 unspecified atom stereocenters. The molecule has 0 aromatic carbocycles. The molecule has 0 aromatic heterocycles. The van der Waals surface area contributed by atoms with Gasteiger partial charge < -0.3 is 19.7 Å². The Morgan fingerprint density at radius 1 is 1.15 bits per heavy atom. The largest absolute Gasteiger partial charge is 0.381 e. The van der Waals surface area contributed by atoms with E-state index in [2.05, 4.69) is 24.2 Å². The molecule has 0 spiro atoms. The normalized spacial score (nSPS) is 33.8. The van der Waals surface area contributed by atoms with Gasteiger partial charge in [0.2, 0.25) is 0 Å². The van der Waals surface area contributed by atoms with Crippen molar-refractivity contribution in [1.29, 1.82) is 0 Å². The number of likely N-dealkylation sites (N-methyl/N-ethyl adjacent to an activating group) is 1. The number of nitrogens with one attached hydrogen (secondary N) is 1. The second-order valence-corrected chi connectivity index (χ2v) is 7.11. The Morgan fingerprint density at radius 3 is 2.50 bits per heavy atom. The van der Waals surface area contributed by atoms with Gasteiger partial charge in [-0.05, 0) is 51.5 Å². The van der Waals surface area contributed by atoms with E-state index < -0.39 is 0 Å². The van der Waals surface area contributed by atoms with E-state index in [-0.39, 0.29) is 0 Å². The highest BCUT2D eigenvalue weighted by atomic mass is 16.5. The summed E-state index contributed by atoms with van der Waals surface area (Å²) in [5, 5.41) is 3.76. The van der Waals surface area contributed by atoms with E-state index in [1.807, 2.05) is 0 Å². The zero-order valence-electron chi connectivity index (χ0n) is 13.1. The quantitative estimate of drug-likeness (QED) is 0.803. The number of nitrogens with zero attached hydrogens (tertiary/aromatic N) is 1. The summed E-state index contributed by atoms with van der Waals surface area (Å²) < 4.78 is 11.3. The summed E-state index contributed by atoms with van der Waals surface area (Å²) in [6.07, 6.45) is 6.69. The molecule has 3 fully saturated rings. The highest BCUT2D eigenvalue weighted by Gasteiger charge is 2.38. The van der Waals surface area contributed by atoms with Crippen molar-refractivity contribution in [2.45, 2.75) is 57.2 Å². The number of hydrogen-bond acceptors (Lipinski definition) is 4. The molecule has 0 radical (unpaired) electrons. The lowest BCUT2D eigenvalue weighted by molar-refractivity contribution is -0.0128. The average molecular weight is 282 g/mol. The fourth-order valence-corrected chi connectivity index (χ4v) is 3.79. The summed E-state index contributed by atoms with van der Waals surface area (Å²) in [6.45, 7) is 7.33. The van der Waals surface area contributed by atoms with Gasteiger partial charge in [0, 0.05) is 45.0 Å². The monoisotopic (exact) mass is 282 g/mol. The molecule has 0 bridgehead atoms. The van der Waals surface area contributed by atoms with E-state index in [1.165, 1.54) is 38.6 Å². The molecule has 4 heteroatoms. The van der Waals surface area contributed by atoms with Crippen molar-refractivity contribution >= 4 is 0 Å². The molecular formula is C16H30N2O2. The number of hydrogen-bond donors (Lipinski definition) is 1. The summed E-state index contributed by atoms with van der Waals surface area (Å²) in [5.74, 6) is 0. The number of ether oxygens (including phenoxy) is 2. The van der Waals surface area contributed by atoms with Crippen LogP contribution in [-0.2, 0) is 9.47 Å². The Hall–Kier alpha value is -0.160. The highest BCUT2D eigenvalue weighted by Crippen LogP contribution is 2.34. The first-order chi connectivity index (χ1) is 9.69. The van der Waals surface area contributed by atoms with Crippen molar-refractivity contribution < 1.29 is 9.47 Å². The first-order valence-electron chi connectivity index (χ1n) is 8.32. The third-order valence-electron chi connectivity index (χ3n) is 5.38. The first-order valence-corrected chi connectivity index (χ1v) is 8.32. The fraction of sp³-hybridized carbons (Fsp3) is 1.00. The van der Waals surface area contributed by atoms with Crippen LogP contribution in [-0.4, -0.2) is 63.0 Å². The van der Waals surface area contributed by atoms with Gasteiger partial charge in [0.15, 0.2) is 0 Å². The van der Waals surface area contributed by atoms with E-state index in [9.17, 15) is 0 Å². The summed E-state index contributed by atoms with van der Waals surface area (Å²) >= 11 is 0. The van der Waals surface area contributed by atoms with Gasteiger partial charge in [-0.2, -0.15) is 0 Å². The summed E-state index contributed by atoms with van der Waals surface area (Å²) in [4.78, 5) is 2.55. The minimum absolute atomic E-state index is 0.383. The molecule has 3 aliphatic rings. The Bertz CT molecular complexity index is 314. The fourth-order valence-electron chi connectivity index (χ4n) is 3.79. The van der Waals surface area contributed by atoms with E-state index in [0.29, 0.717) is 17.6 Å². The first kappa shape index (κ1) is 14.8. The van der Waals surface area contributed by atoms with Crippen molar-refractivity contribution in [1.82, 2.24) is 10.2 Å². The molecule has 1 saturated carbocycles. The van der Waals surface area contributed by atoms with Crippen LogP contribution in [0.5, 0.6) is 0 Å². The van der Waals surface area contributed by atoms with E-state index >= 15 is 0 Å². The molecule has 2 atom stereocenters. The maximum Gasteiger partial charge on any atom is 0.0702 e. The predicted octanol–water partition coefficient (Wildman–Crippen LogP) is 1.64. The van der Waals surface area contributed by atoms with Gasteiger partial charge in [0.25, 0.3) is 0 Å². The average Bonchev–Trinajstić information content (AvgIpc) is 3.18. The van der Waals surface area contributed by atoms with Crippen LogP contribution < -0.4 is 5.32 Å². The minimum Gasteiger partial charge on any atom is -0.381 e. The van der Waals surface area contributed by atoms with Crippen LogP contribution in [0, 0.1) is 5.41 Å². The van der Waals surface area contributed by atoms with Crippen LogP contribution in [0.3, 0.4) is 0 Å². The highest BCUT2D eigenvalue weighted by molar-refractivity contribution is 4.93. The SMILES string of the molecule is CC1OCCC1N(C)CC1(CNC2CC2)CCOCC1. The third kappa shape index (κ3) is 3.53. The van der Waals surface area contributed by atoms with Gasteiger partial charge in [0.1, 0.15) is 0 Å². The molecule has 20 heavy (non-hydrogen) atoms. The van der Waals surface area contributed by atoms with Crippen LogP contribution in [0.2, 0.25) is 0 Å². The summed E-state index contributed by atoms with van der Waals surface area (Å²) in [7, 11) is 2.28. The van der Waals surface area contributed by atoms with Crippen molar-refractivity contribution in [3.63, 3.8) is 0 Å². The summed E-state index contributed by atoms with van der Waals surface area (Å²) in [5.41, 5.74) is 0.401. The Labute approximate surface area is 123 Å². The molecule has 0 aromatic rings. The van der Waals surface area contributed by atoms with Crippen molar-refractivity contribution in [2.75, 3.05) is 40.0 Å². The molecule has 116 valence electrons. The van der Waals surface area contributed by atoms with Crippen LogP contribution in [0.25, 0.3) is 0 Å². The van der Waals surface area contributed by atoms with Gasteiger partial charge >= 0.3 is 0 Å². The molecule has 2 aliphatic heterocycles. The maximum absolute atomic E-state index is 5.73. The van der Waals surface area contributed by atoms with Gasteiger partial charge in [-0.25, -0.2) is 0 Å². The Balaban J connectivity index is 1.58. The Kier molecular flexibility index (Phi) is 4.65. The molecule has 1 N–H and O–H groups in total. The van der Waals surface area contributed by atoms with Gasteiger partial charge in [-0.1, -0.05) is 0 Å². The smallest absolute Gasteiger partial charge is 0.0702 e. The van der Waals surface area contributed by atoms with Crippen molar-refractivity contribution in [3.8, 4) is 0 Å². The molecular weight excluding hydrogens is 252 g/mol. The van der Waals surface area contributed by atoms with E-state index in [1.54, 1.807) is 0 Å². The predicted molar refractivity (Wildman–Crippen MR) is 80.0 cm³/mol. The van der Waals surface area contributed by atoms with Gasteiger partial charge in [0.05, 0.1) is 6.10 Å². The minimum atomic E-state index is 0.383. The second-order valence-electron chi connectivity index (χ2n) is 7.11. The zero-order chi connectivity index (χ0) is 14.0. The molecule has 2 heterocycles. The van der Waals surface area contributed by atoms with Crippen LogP contribution in [0.15, 0.2) is 0 Å². The summed E-state index contributed by atoms with van der Waals surface area (Å²) in [6, 6.07) is 1.39. The van der Waals surface area contributed by atoms with Crippen LogP contribution >= 0.6 is 0 Å². The number of rotatable bonds is 6. The lowest BCUT2D eigenvalue weighted by atomic mass is 9.79. The van der Waals surface area contributed by atoms with Crippen LogP contribution in [0.4, 0.5) is 0 Å². The van der Waals surface area contributed by atoms with Crippen molar-refractivity contribution in [3.05, 3.63) is 0 Å². The lowest BCUT2D eigenvalue weighted by Crippen LogP contribution is -2.50. The topological polar surface area (TPSA) is 33.7 Å². The van der Waals surface area contributed by atoms with Crippen molar-refractivity contribution in [2.24, 2.45) is 5.41 Å². The molecule has 3 rings (SSSR count). The third-order valence-corrected chi connectivity index (χ3v) is 5.38. The molecule has 0 amide bonds. The van der Waals surface area contributed by atoms with E-state index in [0.717, 1.165) is 32.4 Å². The maximum atomic E-state index is 5.73. The second kappa shape index (κ2) is 6.30. The lowest BCUT2D eigenvalue weighted by Gasteiger charge is -2.42. The van der Waals surface area contributed by atoms with Crippen LogP contribution in [0.1, 0.15) is 39.0 Å². The molecule has 1 aliphatic carbocycles. The van der Waals surface area contributed by atoms with Gasteiger partial charge in [-0.3, -0.25) is 0 Å². The zero-order valence-corrected chi connectivity index (χ0v) is 13.1. The standard InChI is InChI=1S/C16H30N2O2/c1-13-15(5-8-20-13)18(2)12-16(6-9-19-10-7-16)11-17-14-3-4-14/h13-15,17H,3-12H2,1-2H3. The Morgan fingerprint density at radius 2 is 1.90 bits per heavy atom. The van der Waals surface area contributed by atoms with Gasteiger partial charge in [-0.15, -0.1) is 0 Å². The van der Waals surface area contributed by atoms with E-state index in [4.69, 9.17) is 9.47 Å². The molecule has 2 saturated heterocycles. The molecule has 4 nitrogen and oxygen atoms in total.